The second kappa shape index (κ2) is 9.48. The Morgan fingerprint density at radius 2 is 1.86 bits per heavy atom. The van der Waals surface area contributed by atoms with Crippen molar-refractivity contribution >= 4 is 28.6 Å². The number of benzene rings is 1. The number of nitrogens with one attached hydrogen (secondary N) is 1. The molecule has 0 saturated carbocycles. The normalized spacial score (nSPS) is 15.3. The van der Waals surface area contributed by atoms with Gasteiger partial charge in [-0.15, -0.1) is 0 Å². The number of para-hydroxylation sites is 1. The van der Waals surface area contributed by atoms with Crippen LogP contribution in [0.1, 0.15) is 47.6 Å². The van der Waals surface area contributed by atoms with E-state index >= 15 is 0 Å². The number of carbonyl (C=O) groups is 2. The van der Waals surface area contributed by atoms with Crippen LogP contribution in [0.3, 0.4) is 0 Å². The van der Waals surface area contributed by atoms with Crippen LogP contribution in [-0.2, 0) is 0 Å². The van der Waals surface area contributed by atoms with Gasteiger partial charge < -0.3 is 29.2 Å². The van der Waals surface area contributed by atoms with Crippen molar-refractivity contribution in [2.24, 2.45) is 5.92 Å². The molecule has 186 valence electrons. The largest absolute Gasteiger partial charge is 0.494 e. The lowest BCUT2D eigenvalue weighted by Gasteiger charge is -2.35. The summed E-state index contributed by atoms with van der Waals surface area (Å²) in [6, 6.07) is 9.54. The van der Waals surface area contributed by atoms with Gasteiger partial charge in [-0.05, 0) is 45.6 Å². The van der Waals surface area contributed by atoms with Crippen molar-refractivity contribution in [1.29, 1.82) is 0 Å². The summed E-state index contributed by atoms with van der Waals surface area (Å²) in [4.78, 5) is 43.5. The van der Waals surface area contributed by atoms with E-state index in [1.165, 1.54) is 16.9 Å². The Balaban J connectivity index is 1.75. The van der Waals surface area contributed by atoms with Crippen molar-refractivity contribution in [3.8, 4) is 5.75 Å². The molecule has 0 bridgehead atoms. The van der Waals surface area contributed by atoms with Gasteiger partial charge in [-0.25, -0.2) is 4.79 Å². The number of amides is 2. The Labute approximate surface area is 203 Å². The third-order valence-corrected chi connectivity index (χ3v) is 7.24. The maximum absolute atomic E-state index is 13.8. The van der Waals surface area contributed by atoms with Gasteiger partial charge in [0.05, 0.1) is 12.7 Å². The topological polar surface area (TPSA) is 108 Å². The molecule has 3 heterocycles. The van der Waals surface area contributed by atoms with Crippen LogP contribution in [0.2, 0.25) is 0 Å². The van der Waals surface area contributed by atoms with E-state index in [1.807, 2.05) is 31.2 Å². The number of nitrogens with zero attached hydrogens (tertiary/aromatic N) is 3. The fourth-order valence-electron chi connectivity index (χ4n) is 5.36. The molecular formula is C26H32N4O5. The summed E-state index contributed by atoms with van der Waals surface area (Å²) in [5.74, 6) is 0.320. The van der Waals surface area contributed by atoms with Crippen molar-refractivity contribution in [3.05, 3.63) is 57.6 Å². The molecule has 2 amide bonds. The van der Waals surface area contributed by atoms with Crippen LogP contribution >= 0.6 is 0 Å². The molecule has 1 fully saturated rings. The molecule has 9 heteroatoms. The van der Waals surface area contributed by atoms with Crippen LogP contribution in [-0.4, -0.2) is 58.8 Å². The Morgan fingerprint density at radius 1 is 1.20 bits per heavy atom. The molecule has 3 aromatic rings. The lowest BCUT2D eigenvalue weighted by Crippen LogP contribution is -2.39. The molecule has 1 aliphatic rings. The Morgan fingerprint density at radius 3 is 2.49 bits per heavy atom. The van der Waals surface area contributed by atoms with Gasteiger partial charge in [-0.1, -0.05) is 18.2 Å². The molecular weight excluding hydrogens is 448 g/mol. The monoisotopic (exact) mass is 480 g/mol. The van der Waals surface area contributed by atoms with E-state index in [4.69, 9.17) is 4.74 Å². The number of piperidine rings is 1. The highest BCUT2D eigenvalue weighted by atomic mass is 16.5. The summed E-state index contributed by atoms with van der Waals surface area (Å²) >= 11 is 0. The minimum Gasteiger partial charge on any atom is -0.494 e. The van der Waals surface area contributed by atoms with Gasteiger partial charge in [0.1, 0.15) is 5.75 Å². The third-order valence-electron chi connectivity index (χ3n) is 7.24. The number of rotatable bonds is 5. The van der Waals surface area contributed by atoms with E-state index in [2.05, 4.69) is 16.5 Å². The van der Waals surface area contributed by atoms with Crippen molar-refractivity contribution in [2.45, 2.75) is 39.7 Å². The van der Waals surface area contributed by atoms with Crippen LogP contribution in [0, 0.1) is 19.8 Å². The van der Waals surface area contributed by atoms with Crippen molar-refractivity contribution in [1.82, 2.24) is 14.5 Å². The molecule has 0 aliphatic carbocycles. The lowest BCUT2D eigenvalue weighted by molar-refractivity contribution is 0.0991. The quantitative estimate of drug-likeness (QED) is 0.570. The number of pyridine rings is 1. The number of H-pyrrole nitrogens is 1. The SMILES string of the molecule is COc1cc(C)[nH]c(=O)c1N(C)C(=O)c1c(C)n(C(C)C2CCN(C(=O)O)CC2)c2ccccc12. The molecule has 1 aromatic carbocycles. The first-order valence-electron chi connectivity index (χ1n) is 11.8. The average molecular weight is 481 g/mol. The van der Waals surface area contributed by atoms with E-state index < -0.39 is 11.7 Å². The van der Waals surface area contributed by atoms with Crippen LogP contribution in [0.15, 0.2) is 35.1 Å². The zero-order valence-corrected chi connectivity index (χ0v) is 20.8. The zero-order chi connectivity index (χ0) is 25.4. The molecule has 1 saturated heterocycles. The molecule has 1 aliphatic heterocycles. The van der Waals surface area contributed by atoms with Crippen LogP contribution in [0.25, 0.3) is 10.9 Å². The number of likely N-dealkylation sites (tertiary alicyclic amines) is 1. The Hall–Kier alpha value is -3.75. The molecule has 4 rings (SSSR count). The molecule has 9 nitrogen and oxygen atoms in total. The molecule has 2 aromatic heterocycles. The Kier molecular flexibility index (Phi) is 6.60. The van der Waals surface area contributed by atoms with E-state index in [1.54, 1.807) is 20.0 Å². The smallest absolute Gasteiger partial charge is 0.407 e. The predicted molar refractivity (Wildman–Crippen MR) is 135 cm³/mol. The summed E-state index contributed by atoms with van der Waals surface area (Å²) in [5.41, 5.74) is 2.72. The number of hydrogen-bond acceptors (Lipinski definition) is 4. The van der Waals surface area contributed by atoms with Crippen molar-refractivity contribution in [2.75, 3.05) is 32.1 Å². The van der Waals surface area contributed by atoms with Crippen LogP contribution in [0.4, 0.5) is 10.5 Å². The number of ether oxygens (including phenoxy) is 1. The highest BCUT2D eigenvalue weighted by Gasteiger charge is 2.32. The molecule has 1 unspecified atom stereocenters. The predicted octanol–water partition coefficient (Wildman–Crippen LogP) is 4.18. The second-order valence-electron chi connectivity index (χ2n) is 9.26. The van der Waals surface area contributed by atoms with Gasteiger partial charge in [0.25, 0.3) is 11.5 Å². The minimum absolute atomic E-state index is 0.0695. The first-order valence-corrected chi connectivity index (χ1v) is 11.8. The third kappa shape index (κ3) is 4.26. The van der Waals surface area contributed by atoms with Crippen LogP contribution in [0.5, 0.6) is 5.75 Å². The number of aromatic nitrogens is 2. The average Bonchev–Trinajstić information content (AvgIpc) is 3.13. The molecule has 35 heavy (non-hydrogen) atoms. The van der Waals surface area contributed by atoms with Crippen LogP contribution < -0.4 is 15.2 Å². The van der Waals surface area contributed by atoms with Crippen molar-refractivity contribution < 1.29 is 19.4 Å². The van der Waals surface area contributed by atoms with Gasteiger partial charge >= 0.3 is 6.09 Å². The fourth-order valence-corrected chi connectivity index (χ4v) is 5.36. The van der Waals surface area contributed by atoms with E-state index in [9.17, 15) is 19.5 Å². The van der Waals surface area contributed by atoms with Crippen molar-refractivity contribution in [3.63, 3.8) is 0 Å². The number of aromatic amines is 1. The lowest BCUT2D eigenvalue weighted by atomic mass is 9.90. The minimum atomic E-state index is -0.879. The highest BCUT2D eigenvalue weighted by molar-refractivity contribution is 6.15. The second-order valence-corrected chi connectivity index (χ2v) is 9.26. The van der Waals surface area contributed by atoms with E-state index in [-0.39, 0.29) is 23.6 Å². The number of anilines is 1. The number of hydrogen-bond donors (Lipinski definition) is 2. The van der Waals surface area contributed by atoms with Gasteiger partial charge in [0.2, 0.25) is 0 Å². The fraction of sp³-hybridized carbons (Fsp3) is 0.423. The van der Waals surface area contributed by atoms with E-state index in [0.29, 0.717) is 30.1 Å². The number of aryl methyl sites for hydroxylation is 1. The molecule has 0 spiro atoms. The zero-order valence-electron chi connectivity index (χ0n) is 20.8. The first kappa shape index (κ1) is 24.4. The summed E-state index contributed by atoms with van der Waals surface area (Å²) in [7, 11) is 3.06. The Bertz CT molecular complexity index is 1330. The summed E-state index contributed by atoms with van der Waals surface area (Å²) in [6.07, 6.45) is 0.646. The van der Waals surface area contributed by atoms with Gasteiger partial charge in [0.15, 0.2) is 5.69 Å². The number of carboxylic acid groups (broad SMARTS) is 1. The molecule has 0 radical (unpaired) electrons. The van der Waals surface area contributed by atoms with Gasteiger partial charge in [-0.2, -0.15) is 0 Å². The molecule has 1 atom stereocenters. The summed E-state index contributed by atoms with van der Waals surface area (Å²) < 4.78 is 7.60. The maximum Gasteiger partial charge on any atom is 0.407 e. The first-order chi connectivity index (χ1) is 16.6. The standard InChI is InChI=1S/C26H32N4O5/c1-15-14-21(35-5)23(24(31)27-15)28(4)25(32)22-17(3)30(20-9-7-6-8-19(20)22)16(2)18-10-12-29(13-11-18)26(33)34/h6-9,14,16,18H,10-13H2,1-5H3,(H,27,31)(H,33,34). The highest BCUT2D eigenvalue weighted by Crippen LogP contribution is 2.37. The number of carbonyl (C=O) groups excluding carboxylic acids is 1. The van der Waals surface area contributed by atoms with E-state index in [0.717, 1.165) is 29.4 Å². The van der Waals surface area contributed by atoms with Gasteiger partial charge in [0, 0.05) is 54.5 Å². The summed E-state index contributed by atoms with van der Waals surface area (Å²) in [6.45, 7) is 6.84. The maximum atomic E-state index is 13.8. The molecule has 2 N–H and O–H groups in total. The summed E-state index contributed by atoms with van der Waals surface area (Å²) in [5, 5.41) is 10.1. The van der Waals surface area contributed by atoms with Gasteiger partial charge in [-0.3, -0.25) is 9.59 Å². The number of fused-ring (bicyclic) bond motifs is 1. The number of methoxy groups -OCH3 is 1.